The van der Waals surface area contributed by atoms with Crippen LogP contribution >= 0.6 is 0 Å². The number of nitrogens with zero attached hydrogens (tertiary/aromatic N) is 1. The zero-order chi connectivity index (χ0) is 10.1. The van der Waals surface area contributed by atoms with Crippen molar-refractivity contribution in [1.82, 2.24) is 4.90 Å². The Hall–Kier alpha value is -0.610. The average molecular weight is 199 g/mol. The van der Waals surface area contributed by atoms with E-state index < -0.39 is 5.97 Å². The van der Waals surface area contributed by atoms with Crippen LogP contribution in [0.15, 0.2) is 0 Å². The fraction of sp³-hybridized carbons (Fsp3) is 0.900. The van der Waals surface area contributed by atoms with Gasteiger partial charge in [0.2, 0.25) is 0 Å². The summed E-state index contributed by atoms with van der Waals surface area (Å²) in [7, 11) is 0. The molecule has 2 fully saturated rings. The third kappa shape index (κ3) is 1.77. The molecule has 0 aromatic carbocycles. The molecule has 1 saturated heterocycles. The van der Waals surface area contributed by atoms with Gasteiger partial charge in [0.25, 0.3) is 0 Å². The van der Waals surface area contributed by atoms with Crippen LogP contribution in [0.4, 0.5) is 0 Å². The second-order valence-corrected chi connectivity index (χ2v) is 4.27. The van der Waals surface area contributed by atoms with E-state index >= 15 is 0 Å². The van der Waals surface area contributed by atoms with Crippen molar-refractivity contribution in [1.29, 1.82) is 0 Å². The molecule has 80 valence electrons. The highest BCUT2D eigenvalue weighted by atomic mass is 16.5. The van der Waals surface area contributed by atoms with E-state index in [0.717, 1.165) is 32.5 Å². The van der Waals surface area contributed by atoms with E-state index in [2.05, 4.69) is 4.90 Å². The normalized spacial score (nSPS) is 39.1. The molecule has 1 N–H and O–H groups in total. The molecule has 2 aliphatic rings. The van der Waals surface area contributed by atoms with Gasteiger partial charge in [-0.1, -0.05) is 0 Å². The molecule has 3 atom stereocenters. The molecule has 0 unspecified atom stereocenters. The smallest absolute Gasteiger partial charge is 0.308 e. The summed E-state index contributed by atoms with van der Waals surface area (Å²) >= 11 is 0. The predicted octanol–water partition coefficient (Wildman–Crippen LogP) is 0.570. The van der Waals surface area contributed by atoms with Gasteiger partial charge in [-0.2, -0.15) is 0 Å². The van der Waals surface area contributed by atoms with Gasteiger partial charge in [-0.15, -0.1) is 0 Å². The third-order valence-electron chi connectivity index (χ3n) is 3.30. The maximum Gasteiger partial charge on any atom is 0.308 e. The maximum absolute atomic E-state index is 10.9. The largest absolute Gasteiger partial charge is 0.481 e. The molecule has 0 bridgehead atoms. The van der Waals surface area contributed by atoms with Crippen molar-refractivity contribution in [2.24, 2.45) is 5.92 Å². The van der Waals surface area contributed by atoms with Crippen LogP contribution in [0.3, 0.4) is 0 Å². The van der Waals surface area contributed by atoms with Crippen molar-refractivity contribution in [3.63, 3.8) is 0 Å². The molecular formula is C10H17NO3. The van der Waals surface area contributed by atoms with Gasteiger partial charge in [-0.05, 0) is 19.8 Å². The first-order valence-corrected chi connectivity index (χ1v) is 5.27. The minimum Gasteiger partial charge on any atom is -0.481 e. The van der Waals surface area contributed by atoms with Gasteiger partial charge in [-0.25, -0.2) is 0 Å². The van der Waals surface area contributed by atoms with Gasteiger partial charge in [0.05, 0.1) is 18.6 Å². The molecule has 0 aromatic heterocycles. The van der Waals surface area contributed by atoms with Crippen LogP contribution in [0.5, 0.6) is 0 Å². The molecule has 4 heteroatoms. The van der Waals surface area contributed by atoms with Crippen molar-refractivity contribution < 1.29 is 14.6 Å². The quantitative estimate of drug-likeness (QED) is 0.706. The minimum atomic E-state index is -0.639. The summed E-state index contributed by atoms with van der Waals surface area (Å²) in [5.74, 6) is -0.777. The molecule has 0 radical (unpaired) electrons. The molecule has 2 rings (SSSR count). The second kappa shape index (κ2) is 3.87. The lowest BCUT2D eigenvalue weighted by atomic mass is 9.78. The van der Waals surface area contributed by atoms with E-state index in [1.165, 1.54) is 0 Å². The topological polar surface area (TPSA) is 49.8 Å². The van der Waals surface area contributed by atoms with E-state index in [0.29, 0.717) is 0 Å². The number of hydrogen-bond donors (Lipinski definition) is 1. The van der Waals surface area contributed by atoms with Crippen molar-refractivity contribution in [3.05, 3.63) is 0 Å². The second-order valence-electron chi connectivity index (χ2n) is 4.27. The Balaban J connectivity index is 1.91. The van der Waals surface area contributed by atoms with Crippen molar-refractivity contribution in [3.8, 4) is 0 Å². The van der Waals surface area contributed by atoms with E-state index in [-0.39, 0.29) is 18.1 Å². The summed E-state index contributed by atoms with van der Waals surface area (Å²) in [6.45, 7) is 4.55. The first-order chi connectivity index (χ1) is 6.68. The van der Waals surface area contributed by atoms with Gasteiger partial charge in [0.15, 0.2) is 0 Å². The summed E-state index contributed by atoms with van der Waals surface area (Å²) in [4.78, 5) is 13.1. The number of hydrogen-bond acceptors (Lipinski definition) is 3. The van der Waals surface area contributed by atoms with Crippen molar-refractivity contribution in [2.45, 2.75) is 31.9 Å². The molecule has 1 heterocycles. The molecule has 14 heavy (non-hydrogen) atoms. The first kappa shape index (κ1) is 9.93. The number of carbonyl (C=O) groups is 1. The highest BCUT2D eigenvalue weighted by Crippen LogP contribution is 2.33. The van der Waals surface area contributed by atoms with Crippen LogP contribution in [0.1, 0.15) is 19.8 Å². The van der Waals surface area contributed by atoms with E-state index in [4.69, 9.17) is 9.84 Å². The SMILES string of the molecule is C[C@@H]1CN([C@H]2CC[C@@H]2C(=O)O)CCO1. The molecule has 1 saturated carbocycles. The van der Waals surface area contributed by atoms with Gasteiger partial charge in [0.1, 0.15) is 0 Å². The lowest BCUT2D eigenvalue weighted by Crippen LogP contribution is -2.55. The van der Waals surface area contributed by atoms with Crippen molar-refractivity contribution >= 4 is 5.97 Å². The number of aliphatic carboxylic acids is 1. The Morgan fingerprint density at radius 2 is 2.29 bits per heavy atom. The zero-order valence-corrected chi connectivity index (χ0v) is 8.48. The van der Waals surface area contributed by atoms with Crippen LogP contribution in [-0.4, -0.2) is 47.8 Å². The summed E-state index contributed by atoms with van der Waals surface area (Å²) < 4.78 is 5.43. The predicted molar refractivity (Wildman–Crippen MR) is 51.1 cm³/mol. The highest BCUT2D eigenvalue weighted by molar-refractivity contribution is 5.72. The number of carboxylic acids is 1. The number of carboxylic acid groups (broad SMARTS) is 1. The standard InChI is InChI=1S/C10H17NO3/c1-7-6-11(4-5-14-7)9-3-2-8(9)10(12)13/h7-9H,2-6H2,1H3,(H,12,13)/t7-,8+,9+/m1/s1. The fourth-order valence-electron chi connectivity index (χ4n) is 2.35. The number of ether oxygens (including phenoxy) is 1. The van der Waals surface area contributed by atoms with Crippen LogP contribution in [0.25, 0.3) is 0 Å². The Bertz CT molecular complexity index is 231. The summed E-state index contributed by atoms with van der Waals surface area (Å²) in [6.07, 6.45) is 2.12. The molecule has 1 aliphatic carbocycles. The van der Waals surface area contributed by atoms with E-state index in [1.807, 2.05) is 6.92 Å². The Morgan fingerprint density at radius 3 is 2.79 bits per heavy atom. The molecule has 0 amide bonds. The average Bonchev–Trinajstić information content (AvgIpc) is 2.00. The lowest BCUT2D eigenvalue weighted by molar-refractivity contribution is -0.151. The molecule has 1 aliphatic heterocycles. The number of rotatable bonds is 2. The third-order valence-corrected chi connectivity index (χ3v) is 3.30. The van der Waals surface area contributed by atoms with Gasteiger partial charge in [0, 0.05) is 19.1 Å². The van der Waals surface area contributed by atoms with Gasteiger partial charge in [-0.3, -0.25) is 9.69 Å². The molecule has 0 aromatic rings. The zero-order valence-electron chi connectivity index (χ0n) is 8.48. The molecule has 0 spiro atoms. The lowest BCUT2D eigenvalue weighted by Gasteiger charge is -2.45. The molecular weight excluding hydrogens is 182 g/mol. The van der Waals surface area contributed by atoms with Gasteiger partial charge < -0.3 is 9.84 Å². The first-order valence-electron chi connectivity index (χ1n) is 5.27. The van der Waals surface area contributed by atoms with Crippen molar-refractivity contribution in [2.75, 3.05) is 19.7 Å². The van der Waals surface area contributed by atoms with Crippen LogP contribution in [0, 0.1) is 5.92 Å². The van der Waals surface area contributed by atoms with E-state index in [9.17, 15) is 4.79 Å². The van der Waals surface area contributed by atoms with Gasteiger partial charge >= 0.3 is 5.97 Å². The molecule has 4 nitrogen and oxygen atoms in total. The monoisotopic (exact) mass is 199 g/mol. The van der Waals surface area contributed by atoms with Crippen LogP contribution < -0.4 is 0 Å². The minimum absolute atomic E-state index is 0.139. The van der Waals surface area contributed by atoms with Crippen LogP contribution in [0.2, 0.25) is 0 Å². The highest BCUT2D eigenvalue weighted by Gasteiger charge is 2.41. The number of morpholine rings is 1. The van der Waals surface area contributed by atoms with Crippen LogP contribution in [-0.2, 0) is 9.53 Å². The Morgan fingerprint density at radius 1 is 1.50 bits per heavy atom. The summed E-state index contributed by atoms with van der Waals surface area (Å²) in [6, 6.07) is 0.263. The Labute approximate surface area is 83.8 Å². The fourth-order valence-corrected chi connectivity index (χ4v) is 2.35. The Kier molecular flexibility index (Phi) is 2.74. The van der Waals surface area contributed by atoms with E-state index in [1.54, 1.807) is 0 Å². The summed E-state index contributed by atoms with van der Waals surface area (Å²) in [5.41, 5.74) is 0. The summed E-state index contributed by atoms with van der Waals surface area (Å²) in [5, 5.41) is 8.94. The maximum atomic E-state index is 10.9.